The topological polar surface area (TPSA) is 13.1 Å². The third kappa shape index (κ3) is 5.11. The van der Waals surface area contributed by atoms with E-state index in [4.69, 9.17) is 4.42 Å². The van der Waals surface area contributed by atoms with Crippen molar-refractivity contribution in [2.45, 2.75) is 0 Å². The van der Waals surface area contributed by atoms with Crippen LogP contribution in [0.5, 0.6) is 0 Å². The van der Waals surface area contributed by atoms with E-state index in [0.717, 1.165) is 21.9 Å². The molecule has 1 aromatic heterocycles. The highest BCUT2D eigenvalue weighted by Gasteiger charge is 2.17. The largest absolute Gasteiger partial charge is 0.456 e. The lowest BCUT2D eigenvalue weighted by Gasteiger charge is -2.16. The lowest BCUT2D eigenvalue weighted by atomic mass is 9.87. The lowest BCUT2D eigenvalue weighted by Crippen LogP contribution is -1.89. The van der Waals surface area contributed by atoms with Gasteiger partial charge in [-0.15, -0.1) is 0 Å². The molecule has 0 radical (unpaired) electrons. The summed E-state index contributed by atoms with van der Waals surface area (Å²) in [5, 5.41) is 22.7. The van der Waals surface area contributed by atoms with Gasteiger partial charge < -0.3 is 4.42 Å². The molecule has 14 aromatic rings. The minimum Gasteiger partial charge on any atom is -0.456 e. The Kier molecular flexibility index (Phi) is 7.17. The predicted molar refractivity (Wildman–Crippen MR) is 270 cm³/mol. The molecule has 0 aliphatic rings. The first-order chi connectivity index (χ1) is 31.2. The Morgan fingerprint density at radius 1 is 0.206 bits per heavy atom. The van der Waals surface area contributed by atoms with Crippen molar-refractivity contribution < 1.29 is 4.42 Å². The molecule has 0 saturated heterocycles. The number of benzene rings is 13. The molecule has 14 rings (SSSR count). The van der Waals surface area contributed by atoms with Crippen molar-refractivity contribution in [3.63, 3.8) is 0 Å². The molecule has 1 nitrogen and oxygen atoms in total. The van der Waals surface area contributed by atoms with Gasteiger partial charge >= 0.3 is 0 Å². The van der Waals surface area contributed by atoms with E-state index in [9.17, 15) is 0 Å². The molecular weight excluding hydrogens is 761 g/mol. The molecule has 0 atom stereocenters. The summed E-state index contributed by atoms with van der Waals surface area (Å²) >= 11 is 0. The molecule has 0 bridgehead atoms. The van der Waals surface area contributed by atoms with Gasteiger partial charge in [0.2, 0.25) is 0 Å². The minimum atomic E-state index is 0.897. The summed E-state index contributed by atoms with van der Waals surface area (Å²) in [5.74, 6) is 0. The molecule has 0 unspecified atom stereocenters. The first-order valence-electron chi connectivity index (χ1n) is 21.8. The van der Waals surface area contributed by atoms with E-state index in [-0.39, 0.29) is 0 Å². The van der Waals surface area contributed by atoms with Crippen molar-refractivity contribution in [2.24, 2.45) is 0 Å². The van der Waals surface area contributed by atoms with Crippen molar-refractivity contribution in [1.82, 2.24) is 0 Å². The highest BCUT2D eigenvalue weighted by molar-refractivity contribution is 6.33. The zero-order valence-corrected chi connectivity index (χ0v) is 34.2. The average molecular weight is 797 g/mol. The van der Waals surface area contributed by atoms with Crippen LogP contribution in [0.15, 0.2) is 223 Å². The second kappa shape index (κ2) is 13.1. The lowest BCUT2D eigenvalue weighted by molar-refractivity contribution is 0.669. The monoisotopic (exact) mass is 796 g/mol. The summed E-state index contributed by atoms with van der Waals surface area (Å²) in [4.78, 5) is 0. The molecule has 0 spiro atoms. The highest BCUT2D eigenvalue weighted by atomic mass is 16.3. The first kappa shape index (κ1) is 34.5. The second-order valence-electron chi connectivity index (χ2n) is 17.1. The van der Waals surface area contributed by atoms with Crippen LogP contribution in [0.1, 0.15) is 0 Å². The number of fused-ring (bicyclic) bond motifs is 18. The van der Waals surface area contributed by atoms with Gasteiger partial charge in [-0.25, -0.2) is 0 Å². The molecule has 0 N–H and O–H groups in total. The molecule has 1 heteroatoms. The number of rotatable bonds is 3. The van der Waals surface area contributed by atoms with E-state index in [1.807, 2.05) is 0 Å². The Morgan fingerprint density at radius 2 is 0.571 bits per heavy atom. The van der Waals surface area contributed by atoms with Crippen molar-refractivity contribution in [3.8, 4) is 33.4 Å². The third-order valence-corrected chi connectivity index (χ3v) is 13.8. The van der Waals surface area contributed by atoms with E-state index in [1.54, 1.807) is 0 Å². The summed E-state index contributed by atoms with van der Waals surface area (Å²) in [6.07, 6.45) is 0. The molecule has 63 heavy (non-hydrogen) atoms. The fourth-order valence-electron chi connectivity index (χ4n) is 10.8. The van der Waals surface area contributed by atoms with Crippen LogP contribution in [-0.4, -0.2) is 0 Å². The van der Waals surface area contributed by atoms with Crippen LogP contribution in [0.25, 0.3) is 141 Å². The van der Waals surface area contributed by atoms with Gasteiger partial charge in [-0.2, -0.15) is 0 Å². The summed E-state index contributed by atoms with van der Waals surface area (Å²) in [6, 6.07) is 80.7. The van der Waals surface area contributed by atoms with Crippen LogP contribution >= 0.6 is 0 Å². The molecule has 0 fully saturated rings. The molecule has 13 aromatic carbocycles. The highest BCUT2D eigenvalue weighted by Crippen LogP contribution is 2.44. The fraction of sp³-hybridized carbons (Fsp3) is 0. The minimum absolute atomic E-state index is 0.897. The molecule has 1 heterocycles. The molecule has 290 valence electrons. The predicted octanol–water partition coefficient (Wildman–Crippen LogP) is 17.8. The quantitative estimate of drug-likeness (QED) is 0.162. The van der Waals surface area contributed by atoms with E-state index < -0.39 is 0 Å². The van der Waals surface area contributed by atoms with Crippen molar-refractivity contribution in [3.05, 3.63) is 218 Å². The normalized spacial score (nSPS) is 12.1. The van der Waals surface area contributed by atoms with Crippen LogP contribution in [0.4, 0.5) is 0 Å². The second-order valence-corrected chi connectivity index (χ2v) is 17.1. The van der Waals surface area contributed by atoms with Crippen molar-refractivity contribution in [1.29, 1.82) is 0 Å². The Bertz CT molecular complexity index is 4230. The van der Waals surface area contributed by atoms with E-state index in [1.165, 1.54) is 120 Å². The summed E-state index contributed by atoms with van der Waals surface area (Å²) < 4.78 is 6.46. The van der Waals surface area contributed by atoms with Gasteiger partial charge in [-0.05, 0) is 168 Å². The number of furan rings is 1. The number of hydrogen-bond acceptors (Lipinski definition) is 1. The molecule has 0 aliphatic carbocycles. The molecule has 0 amide bonds. The van der Waals surface area contributed by atoms with Gasteiger partial charge in [0.05, 0.1) is 0 Å². The van der Waals surface area contributed by atoms with Gasteiger partial charge in [0.15, 0.2) is 0 Å². The van der Waals surface area contributed by atoms with Crippen LogP contribution in [0, 0.1) is 0 Å². The molecule has 0 aliphatic heterocycles. The first-order valence-corrected chi connectivity index (χ1v) is 21.8. The van der Waals surface area contributed by atoms with Gasteiger partial charge in [0.1, 0.15) is 11.2 Å². The summed E-state index contributed by atoms with van der Waals surface area (Å²) in [7, 11) is 0. The van der Waals surface area contributed by atoms with Gasteiger partial charge in [0, 0.05) is 10.8 Å². The average Bonchev–Trinajstić information content (AvgIpc) is 3.73. The summed E-state index contributed by atoms with van der Waals surface area (Å²) in [6.45, 7) is 0. The van der Waals surface area contributed by atoms with Crippen molar-refractivity contribution >= 4 is 108 Å². The molecular formula is C62H36O. The SMILES string of the molecule is c1ccc2c(c1)c(-c1ccc3ccc(-c4ccc5oc6ccc(-c7ccc8c9ccccc9c9ccccc9c8c7)cc6c5c4)cc3c1)cc1c3ccccc3c3ccccc3c21. The van der Waals surface area contributed by atoms with Gasteiger partial charge in [-0.1, -0.05) is 170 Å². The number of hydrogen-bond donors (Lipinski definition) is 0. The van der Waals surface area contributed by atoms with Crippen LogP contribution in [0.2, 0.25) is 0 Å². The smallest absolute Gasteiger partial charge is 0.135 e. The van der Waals surface area contributed by atoms with Gasteiger partial charge in [-0.3, -0.25) is 0 Å². The third-order valence-electron chi connectivity index (χ3n) is 13.8. The maximum absolute atomic E-state index is 6.46. The standard InChI is InChI=1S/C62H36O/c1-2-13-46-44(11-1)45-12-3-5-16-49(45)56-33-39(25-28-52(46)56)41-27-30-61-58(35-41)57-34-40(26-29-60(57)63-61)38-23-21-37-22-24-42(32-43(37)31-38)55-36-59-50-17-6-4-14-47(50)48-15-7-9-19-53(48)62(59)54-20-10-8-18-51(54)55/h1-36H. The van der Waals surface area contributed by atoms with Gasteiger partial charge in [0.25, 0.3) is 0 Å². The van der Waals surface area contributed by atoms with Crippen LogP contribution in [-0.2, 0) is 0 Å². The Balaban J connectivity index is 0.895. The Labute approximate surface area is 362 Å². The van der Waals surface area contributed by atoms with E-state index in [2.05, 4.69) is 218 Å². The van der Waals surface area contributed by atoms with Crippen LogP contribution < -0.4 is 0 Å². The van der Waals surface area contributed by atoms with E-state index in [0.29, 0.717) is 0 Å². The maximum atomic E-state index is 6.46. The zero-order chi connectivity index (χ0) is 41.2. The fourth-order valence-corrected chi connectivity index (χ4v) is 10.8. The maximum Gasteiger partial charge on any atom is 0.135 e. The molecule has 0 saturated carbocycles. The zero-order valence-electron chi connectivity index (χ0n) is 34.2. The Hall–Kier alpha value is -8.26. The van der Waals surface area contributed by atoms with Crippen molar-refractivity contribution in [2.75, 3.05) is 0 Å². The Morgan fingerprint density at radius 3 is 1.14 bits per heavy atom. The van der Waals surface area contributed by atoms with Crippen LogP contribution in [0.3, 0.4) is 0 Å². The van der Waals surface area contributed by atoms with E-state index >= 15 is 0 Å². The summed E-state index contributed by atoms with van der Waals surface area (Å²) in [5.41, 5.74) is 8.98.